The second-order valence-corrected chi connectivity index (χ2v) is 4.88. The van der Waals surface area contributed by atoms with Gasteiger partial charge >= 0.3 is 5.97 Å². The van der Waals surface area contributed by atoms with Crippen LogP contribution < -0.4 is 0 Å². The normalized spacial score (nSPS) is 16.8. The number of aliphatic imine (C=N–C) groups is 1. The average molecular weight is 281 g/mol. The second kappa shape index (κ2) is 5.75. The molecule has 0 fully saturated rings. The maximum Gasteiger partial charge on any atom is 0.352 e. The molecular weight excluding hydrogens is 266 g/mol. The Morgan fingerprint density at radius 3 is 2.95 bits per heavy atom. The Hall–Kier alpha value is -2.69. The summed E-state index contributed by atoms with van der Waals surface area (Å²) in [4.78, 5) is 22.5. The molecule has 0 aliphatic carbocycles. The number of hydrogen-bond acceptors (Lipinski definition) is 3. The molecule has 0 atom stereocenters. The molecule has 5 nitrogen and oxygen atoms in total. The van der Waals surface area contributed by atoms with Crippen LogP contribution in [0.1, 0.15) is 34.6 Å². The zero-order valence-corrected chi connectivity index (χ0v) is 11.4. The highest BCUT2D eigenvalue weighted by atomic mass is 16.4. The number of aromatic amines is 1. The van der Waals surface area contributed by atoms with Crippen LogP contribution in [-0.4, -0.2) is 33.3 Å². The van der Waals surface area contributed by atoms with E-state index in [2.05, 4.69) is 15.0 Å². The Morgan fingerprint density at radius 2 is 2.24 bits per heavy atom. The highest BCUT2D eigenvalue weighted by Gasteiger charge is 2.15. The molecule has 0 bridgehead atoms. The van der Waals surface area contributed by atoms with Crippen LogP contribution in [0, 0.1) is 0 Å². The molecule has 2 N–H and O–H groups in total. The number of carboxylic acid groups (broad SMARTS) is 1. The summed E-state index contributed by atoms with van der Waals surface area (Å²) in [5.74, 6) is -0.954. The first-order chi connectivity index (χ1) is 10.2. The number of rotatable bonds is 3. The minimum absolute atomic E-state index is 0.192. The molecule has 21 heavy (non-hydrogen) atoms. The van der Waals surface area contributed by atoms with Crippen molar-refractivity contribution in [2.24, 2.45) is 4.99 Å². The number of nitrogens with one attached hydrogen (secondary N) is 1. The Morgan fingerprint density at radius 1 is 1.33 bits per heavy atom. The summed E-state index contributed by atoms with van der Waals surface area (Å²) in [6.07, 6.45) is 7.43. The van der Waals surface area contributed by atoms with Gasteiger partial charge in [-0.3, -0.25) is 9.98 Å². The minimum Gasteiger partial charge on any atom is -0.477 e. The molecule has 0 amide bonds. The molecule has 0 spiro atoms. The quantitative estimate of drug-likeness (QED) is 0.908. The third-order valence-corrected chi connectivity index (χ3v) is 3.38. The van der Waals surface area contributed by atoms with Crippen molar-refractivity contribution >= 4 is 17.8 Å². The van der Waals surface area contributed by atoms with Crippen LogP contribution in [0.25, 0.3) is 6.08 Å². The maximum atomic E-state index is 10.9. The fourth-order valence-corrected chi connectivity index (χ4v) is 2.41. The Bertz CT molecular complexity index is 714. The monoisotopic (exact) mass is 281 g/mol. The molecule has 0 saturated heterocycles. The Kier molecular flexibility index (Phi) is 3.64. The number of carbonyl (C=O) groups is 1. The minimum atomic E-state index is -0.954. The van der Waals surface area contributed by atoms with Gasteiger partial charge in [0.2, 0.25) is 0 Å². The number of nitrogens with zero attached hydrogens (tertiary/aromatic N) is 2. The van der Waals surface area contributed by atoms with E-state index in [0.29, 0.717) is 0 Å². The maximum absolute atomic E-state index is 10.9. The zero-order chi connectivity index (χ0) is 14.7. The van der Waals surface area contributed by atoms with E-state index in [4.69, 9.17) is 5.11 Å². The van der Waals surface area contributed by atoms with Crippen molar-refractivity contribution in [3.63, 3.8) is 0 Å². The highest BCUT2D eigenvalue weighted by Crippen LogP contribution is 2.21. The SMILES string of the molecule is O=C(O)c1ccc(C=C2CCCN=C2c2cccnc2)[nH]1. The summed E-state index contributed by atoms with van der Waals surface area (Å²) in [5.41, 5.74) is 4.01. The number of pyridine rings is 1. The fraction of sp³-hybridized carbons (Fsp3) is 0.188. The first kappa shape index (κ1) is 13.3. The van der Waals surface area contributed by atoms with Gasteiger partial charge in [-0.05, 0) is 48.8 Å². The standard InChI is InChI=1S/C16H15N3O2/c20-16(21)14-6-5-13(19-14)9-11-3-2-8-18-15(11)12-4-1-7-17-10-12/h1,4-7,9-10,19H,2-3,8H2,(H,20,21). The van der Waals surface area contributed by atoms with Crippen molar-refractivity contribution in [2.75, 3.05) is 6.54 Å². The Labute approximate surface area is 122 Å². The van der Waals surface area contributed by atoms with Gasteiger partial charge in [0.25, 0.3) is 0 Å². The molecule has 1 aliphatic rings. The first-order valence-corrected chi connectivity index (χ1v) is 6.82. The summed E-state index contributed by atoms with van der Waals surface area (Å²) in [7, 11) is 0. The fourth-order valence-electron chi connectivity index (χ4n) is 2.41. The van der Waals surface area contributed by atoms with E-state index < -0.39 is 5.97 Å². The number of aromatic carboxylic acids is 1. The van der Waals surface area contributed by atoms with E-state index in [1.807, 2.05) is 18.2 Å². The summed E-state index contributed by atoms with van der Waals surface area (Å²) < 4.78 is 0. The van der Waals surface area contributed by atoms with Gasteiger partial charge in [0.05, 0.1) is 5.71 Å². The van der Waals surface area contributed by atoms with Crippen LogP contribution >= 0.6 is 0 Å². The highest BCUT2D eigenvalue weighted by molar-refractivity contribution is 6.15. The molecule has 0 aromatic carbocycles. The van der Waals surface area contributed by atoms with E-state index in [-0.39, 0.29) is 5.69 Å². The lowest BCUT2D eigenvalue weighted by molar-refractivity contribution is 0.0691. The predicted octanol–water partition coefficient (Wildman–Crippen LogP) is 2.77. The lowest BCUT2D eigenvalue weighted by atomic mass is 9.96. The molecule has 0 saturated carbocycles. The Balaban J connectivity index is 1.95. The van der Waals surface area contributed by atoms with Gasteiger partial charge in [-0.2, -0.15) is 0 Å². The van der Waals surface area contributed by atoms with E-state index >= 15 is 0 Å². The molecule has 2 aromatic heterocycles. The van der Waals surface area contributed by atoms with Crippen molar-refractivity contribution in [2.45, 2.75) is 12.8 Å². The molecule has 5 heteroatoms. The number of hydrogen-bond donors (Lipinski definition) is 2. The van der Waals surface area contributed by atoms with Crippen molar-refractivity contribution in [3.8, 4) is 0 Å². The van der Waals surface area contributed by atoms with E-state index in [1.54, 1.807) is 24.5 Å². The zero-order valence-electron chi connectivity index (χ0n) is 11.4. The summed E-state index contributed by atoms with van der Waals surface area (Å²) >= 11 is 0. The van der Waals surface area contributed by atoms with Gasteiger partial charge in [-0.25, -0.2) is 4.79 Å². The topological polar surface area (TPSA) is 78.3 Å². The number of H-pyrrole nitrogens is 1. The average Bonchev–Trinajstić information content (AvgIpc) is 2.98. The molecular formula is C16H15N3O2. The third-order valence-electron chi connectivity index (χ3n) is 3.38. The molecule has 0 radical (unpaired) electrons. The molecule has 0 unspecified atom stereocenters. The smallest absolute Gasteiger partial charge is 0.352 e. The van der Waals surface area contributed by atoms with Gasteiger partial charge in [-0.15, -0.1) is 0 Å². The largest absolute Gasteiger partial charge is 0.477 e. The van der Waals surface area contributed by atoms with Gasteiger partial charge in [-0.1, -0.05) is 0 Å². The first-order valence-electron chi connectivity index (χ1n) is 6.82. The van der Waals surface area contributed by atoms with Crippen LogP contribution in [0.2, 0.25) is 0 Å². The van der Waals surface area contributed by atoms with Crippen LogP contribution in [0.3, 0.4) is 0 Å². The molecule has 106 valence electrons. The van der Waals surface area contributed by atoms with E-state index in [9.17, 15) is 4.79 Å². The number of aromatic nitrogens is 2. The lowest BCUT2D eigenvalue weighted by Crippen LogP contribution is -2.12. The van der Waals surface area contributed by atoms with Crippen LogP contribution in [-0.2, 0) is 0 Å². The van der Waals surface area contributed by atoms with Crippen LogP contribution in [0.15, 0.2) is 47.2 Å². The molecule has 3 rings (SSSR count). The van der Waals surface area contributed by atoms with Crippen molar-refractivity contribution in [1.29, 1.82) is 0 Å². The van der Waals surface area contributed by atoms with Crippen LogP contribution in [0.4, 0.5) is 0 Å². The van der Waals surface area contributed by atoms with Crippen molar-refractivity contribution in [3.05, 3.63) is 59.2 Å². The summed E-state index contributed by atoms with van der Waals surface area (Å²) in [6.45, 7) is 0.812. The predicted molar refractivity (Wildman–Crippen MR) is 80.6 cm³/mol. The number of allylic oxidation sites excluding steroid dienone is 1. The van der Waals surface area contributed by atoms with E-state index in [0.717, 1.165) is 41.9 Å². The molecule has 1 aliphatic heterocycles. The van der Waals surface area contributed by atoms with Gasteiger partial charge < -0.3 is 10.1 Å². The lowest BCUT2D eigenvalue weighted by Gasteiger charge is -2.16. The summed E-state index contributed by atoms with van der Waals surface area (Å²) in [5, 5.41) is 8.95. The summed E-state index contributed by atoms with van der Waals surface area (Å²) in [6, 6.07) is 7.22. The van der Waals surface area contributed by atoms with E-state index in [1.165, 1.54) is 0 Å². The van der Waals surface area contributed by atoms with Gasteiger partial charge in [0.1, 0.15) is 5.69 Å². The molecule has 3 heterocycles. The number of carboxylic acids is 1. The van der Waals surface area contributed by atoms with Gasteiger partial charge in [0, 0.05) is 30.2 Å². The van der Waals surface area contributed by atoms with Crippen molar-refractivity contribution < 1.29 is 9.90 Å². The van der Waals surface area contributed by atoms with Gasteiger partial charge in [0.15, 0.2) is 0 Å². The second-order valence-electron chi connectivity index (χ2n) is 4.88. The van der Waals surface area contributed by atoms with Crippen molar-refractivity contribution in [1.82, 2.24) is 9.97 Å². The molecule has 2 aromatic rings. The third kappa shape index (κ3) is 2.91. The van der Waals surface area contributed by atoms with Crippen LogP contribution in [0.5, 0.6) is 0 Å².